The van der Waals surface area contributed by atoms with Crippen LogP contribution in [0.1, 0.15) is 56.6 Å². The molecule has 224 valence electrons. The highest BCUT2D eigenvalue weighted by Gasteiger charge is 2.61. The van der Waals surface area contributed by atoms with E-state index in [1.807, 2.05) is 6.08 Å². The zero-order valence-corrected chi connectivity index (χ0v) is 22.0. The molecule has 2 heterocycles. The summed E-state index contributed by atoms with van der Waals surface area (Å²) in [5.74, 6) is -5.58. The Morgan fingerprint density at radius 1 is 0.902 bits per heavy atom. The van der Waals surface area contributed by atoms with Crippen molar-refractivity contribution in [1.29, 1.82) is 0 Å². The molecule has 0 atom stereocenters. The van der Waals surface area contributed by atoms with Crippen LogP contribution >= 0.6 is 0 Å². The van der Waals surface area contributed by atoms with Crippen LogP contribution in [0.3, 0.4) is 0 Å². The van der Waals surface area contributed by atoms with E-state index in [9.17, 15) is 35.1 Å². The number of allylic oxidation sites excluding steroid dienone is 1. The van der Waals surface area contributed by atoms with Gasteiger partial charge in [-0.25, -0.2) is 17.9 Å². The third kappa shape index (κ3) is 6.16. The molecule has 0 radical (unpaired) electrons. The lowest BCUT2D eigenvalue weighted by molar-refractivity contribution is -0.432. The normalized spacial score (nSPS) is 28.6. The summed E-state index contributed by atoms with van der Waals surface area (Å²) >= 11 is 0. The number of fused-ring (bicyclic) bond motifs is 2. The second-order valence-corrected chi connectivity index (χ2v) is 10.8. The highest BCUT2D eigenvalue weighted by Crippen LogP contribution is 2.51. The van der Waals surface area contributed by atoms with Crippen molar-refractivity contribution >= 4 is 6.08 Å². The van der Waals surface area contributed by atoms with E-state index in [2.05, 4.69) is 11.7 Å². The average molecular weight is 593 g/mol. The SMILES string of the molecule is CCCC12COC(C3CCC(C=Cc4ccc(-c5cc(F)c(C(F)(F)OC(F)(F)F)c(F)c5)c(F)c4)CC3)(OC1)O2. The summed E-state index contributed by atoms with van der Waals surface area (Å²) in [5, 5.41) is 0. The summed E-state index contributed by atoms with van der Waals surface area (Å²) in [4.78, 5) is 0. The number of ether oxygens (including phenoxy) is 4. The van der Waals surface area contributed by atoms with Crippen molar-refractivity contribution in [2.75, 3.05) is 13.2 Å². The standard InChI is InChI=1S/C29H28F8O4/c1-2-11-26-15-38-28(40-26,39-16-26)20-8-5-17(6-9-20)3-4-18-7-10-21(22(30)12-18)19-13-23(31)25(24(32)14-19)27(33,34)41-29(35,36)37/h3-4,7,10,12-14,17,20H,2,5-6,8-9,11,15-16H2,1H3. The van der Waals surface area contributed by atoms with Crippen molar-refractivity contribution in [3.05, 3.63) is 65.0 Å². The van der Waals surface area contributed by atoms with Gasteiger partial charge in [0, 0.05) is 11.5 Å². The molecule has 0 spiro atoms. The Morgan fingerprint density at radius 3 is 2.10 bits per heavy atom. The monoisotopic (exact) mass is 592 g/mol. The van der Waals surface area contributed by atoms with E-state index < -0.39 is 47.0 Å². The van der Waals surface area contributed by atoms with Crippen LogP contribution in [0.5, 0.6) is 0 Å². The summed E-state index contributed by atoms with van der Waals surface area (Å²) in [6.45, 7) is 3.16. The lowest BCUT2D eigenvalue weighted by Gasteiger charge is -2.36. The first-order valence-corrected chi connectivity index (χ1v) is 13.4. The van der Waals surface area contributed by atoms with Gasteiger partial charge in [0.25, 0.3) is 5.97 Å². The van der Waals surface area contributed by atoms with Gasteiger partial charge in [-0.05, 0) is 67.3 Å². The molecule has 2 aromatic carbocycles. The van der Waals surface area contributed by atoms with Gasteiger partial charge in [-0.15, -0.1) is 13.2 Å². The van der Waals surface area contributed by atoms with Gasteiger partial charge in [-0.1, -0.05) is 37.6 Å². The van der Waals surface area contributed by atoms with Gasteiger partial charge in [0.2, 0.25) is 0 Å². The quantitative estimate of drug-likeness (QED) is 0.289. The second-order valence-electron chi connectivity index (χ2n) is 10.8. The molecule has 0 unspecified atom stereocenters. The zero-order valence-electron chi connectivity index (χ0n) is 22.0. The van der Waals surface area contributed by atoms with Crippen LogP contribution in [-0.4, -0.2) is 31.2 Å². The predicted octanol–water partition coefficient (Wildman–Crippen LogP) is 8.45. The molecule has 2 saturated heterocycles. The average Bonchev–Trinajstić information content (AvgIpc) is 3.43. The van der Waals surface area contributed by atoms with Crippen LogP contribution in [0, 0.1) is 29.3 Å². The lowest BCUT2D eigenvalue weighted by Crippen LogP contribution is -2.42. The molecular weight excluding hydrogens is 564 g/mol. The molecule has 1 aliphatic carbocycles. The number of hydrogen-bond acceptors (Lipinski definition) is 4. The van der Waals surface area contributed by atoms with Gasteiger partial charge in [0.15, 0.2) is 0 Å². The smallest absolute Gasteiger partial charge is 0.324 e. The van der Waals surface area contributed by atoms with Crippen LogP contribution in [0.15, 0.2) is 36.4 Å². The van der Waals surface area contributed by atoms with Crippen LogP contribution in [0.4, 0.5) is 35.1 Å². The number of alkyl halides is 5. The molecule has 1 saturated carbocycles. The van der Waals surface area contributed by atoms with Crippen LogP contribution in [0.25, 0.3) is 17.2 Å². The van der Waals surface area contributed by atoms with E-state index in [0.717, 1.165) is 44.6 Å². The Labute approximate surface area is 231 Å². The molecule has 12 heteroatoms. The van der Waals surface area contributed by atoms with E-state index in [0.29, 0.717) is 30.9 Å². The van der Waals surface area contributed by atoms with E-state index >= 15 is 0 Å². The Kier molecular flexibility index (Phi) is 7.99. The molecule has 2 bridgehead atoms. The maximum absolute atomic E-state index is 14.9. The van der Waals surface area contributed by atoms with Crippen LogP contribution in [-0.2, 0) is 25.1 Å². The van der Waals surface area contributed by atoms with Gasteiger partial charge in [0.05, 0.1) is 13.2 Å². The molecule has 3 fully saturated rings. The minimum Gasteiger partial charge on any atom is -0.324 e. The number of rotatable bonds is 8. The van der Waals surface area contributed by atoms with Gasteiger partial charge in [0.1, 0.15) is 28.6 Å². The largest absolute Gasteiger partial charge is 0.527 e. The number of benzene rings is 2. The van der Waals surface area contributed by atoms with Crippen LogP contribution < -0.4 is 0 Å². The van der Waals surface area contributed by atoms with Crippen LogP contribution in [0.2, 0.25) is 0 Å². The molecule has 41 heavy (non-hydrogen) atoms. The molecule has 0 N–H and O–H groups in total. The van der Waals surface area contributed by atoms with Crippen molar-refractivity contribution in [1.82, 2.24) is 0 Å². The molecule has 0 amide bonds. The minimum absolute atomic E-state index is 0.109. The summed E-state index contributed by atoms with van der Waals surface area (Å²) in [6.07, 6.45) is -2.32. The Balaban J connectivity index is 1.23. The minimum atomic E-state index is -5.85. The molecule has 3 aliphatic rings. The van der Waals surface area contributed by atoms with Gasteiger partial charge in [-0.3, -0.25) is 0 Å². The molecule has 4 nitrogen and oxygen atoms in total. The first-order chi connectivity index (χ1) is 19.2. The van der Waals surface area contributed by atoms with Crippen molar-refractivity contribution in [3.8, 4) is 11.1 Å². The Bertz CT molecular complexity index is 1270. The van der Waals surface area contributed by atoms with Gasteiger partial charge < -0.3 is 14.2 Å². The van der Waals surface area contributed by atoms with Crippen molar-refractivity contribution in [3.63, 3.8) is 0 Å². The predicted molar refractivity (Wildman–Crippen MR) is 131 cm³/mol. The van der Waals surface area contributed by atoms with E-state index in [1.54, 1.807) is 6.08 Å². The maximum atomic E-state index is 14.9. The fourth-order valence-electron chi connectivity index (χ4n) is 5.92. The summed E-state index contributed by atoms with van der Waals surface area (Å²) in [5.41, 5.74) is -2.91. The topological polar surface area (TPSA) is 36.9 Å². The summed E-state index contributed by atoms with van der Waals surface area (Å²) in [7, 11) is 0. The summed E-state index contributed by atoms with van der Waals surface area (Å²) < 4.78 is 129. The summed E-state index contributed by atoms with van der Waals surface area (Å²) in [6, 6.07) is 4.45. The third-order valence-electron chi connectivity index (χ3n) is 7.85. The molecule has 2 aromatic rings. The highest BCUT2D eigenvalue weighted by atomic mass is 19.4. The van der Waals surface area contributed by atoms with Gasteiger partial charge >= 0.3 is 12.5 Å². The number of hydrogen-bond donors (Lipinski definition) is 0. The first kappa shape index (κ1) is 29.9. The highest BCUT2D eigenvalue weighted by molar-refractivity contribution is 5.67. The fraction of sp³-hybridized carbons (Fsp3) is 0.517. The van der Waals surface area contributed by atoms with Gasteiger partial charge in [-0.2, -0.15) is 8.78 Å². The maximum Gasteiger partial charge on any atom is 0.527 e. The van der Waals surface area contributed by atoms with E-state index in [4.69, 9.17) is 14.2 Å². The fourth-order valence-corrected chi connectivity index (χ4v) is 5.92. The Hall–Kier alpha value is -2.54. The third-order valence-corrected chi connectivity index (χ3v) is 7.85. The van der Waals surface area contributed by atoms with Crippen molar-refractivity contribution < 1.29 is 54.1 Å². The van der Waals surface area contributed by atoms with Crippen molar-refractivity contribution in [2.45, 2.75) is 69.5 Å². The zero-order chi connectivity index (χ0) is 29.6. The number of halogens is 8. The molecule has 5 rings (SSSR count). The van der Waals surface area contributed by atoms with Crippen molar-refractivity contribution in [2.24, 2.45) is 11.8 Å². The molecule has 0 aromatic heterocycles. The van der Waals surface area contributed by atoms with E-state index in [1.165, 1.54) is 12.1 Å². The lowest BCUT2D eigenvalue weighted by atomic mass is 9.80. The Morgan fingerprint density at radius 2 is 1.54 bits per heavy atom. The molecule has 2 aliphatic heterocycles. The first-order valence-electron chi connectivity index (χ1n) is 13.4. The van der Waals surface area contributed by atoms with E-state index in [-0.39, 0.29) is 23.0 Å². The molecular formula is C29H28F8O4. The second kappa shape index (κ2) is 10.9.